The molecule has 0 saturated carbocycles. The Morgan fingerprint density at radius 2 is 1.92 bits per heavy atom. The highest BCUT2D eigenvalue weighted by Gasteiger charge is 2.34. The van der Waals surface area contributed by atoms with Gasteiger partial charge in [0.15, 0.2) is 9.35 Å². The molecule has 0 unspecified atom stereocenters. The van der Waals surface area contributed by atoms with E-state index in [0.717, 1.165) is 6.07 Å². The van der Waals surface area contributed by atoms with Crippen LogP contribution in [0, 0.1) is 0 Å². The fourth-order valence-corrected chi connectivity index (χ4v) is 4.49. The van der Waals surface area contributed by atoms with Gasteiger partial charge in [0.1, 0.15) is 5.69 Å². The molecular weight excluding hydrogens is 416 g/mol. The van der Waals surface area contributed by atoms with E-state index in [1.54, 1.807) is 6.20 Å². The summed E-state index contributed by atoms with van der Waals surface area (Å²) >= 11 is 14.4. The van der Waals surface area contributed by atoms with E-state index in [1.807, 2.05) is 0 Å². The van der Waals surface area contributed by atoms with Crippen molar-refractivity contribution in [3.05, 3.63) is 51.9 Å². The molecule has 0 aliphatic rings. The molecule has 0 fully saturated rings. The van der Waals surface area contributed by atoms with Gasteiger partial charge in [-0.25, -0.2) is 0 Å². The monoisotopic (exact) mass is 422 g/mol. The summed E-state index contributed by atoms with van der Waals surface area (Å²) in [5, 5.41) is 8.33. The minimum Gasteiger partial charge on any atom is -0.261 e. The number of hydrogen-bond acceptors (Lipinski definition) is 6. The maximum Gasteiger partial charge on any atom is 0.417 e. The van der Waals surface area contributed by atoms with Gasteiger partial charge in [0.2, 0.25) is 0 Å². The van der Waals surface area contributed by atoms with Crippen molar-refractivity contribution in [2.45, 2.75) is 16.3 Å². The van der Waals surface area contributed by atoms with Gasteiger partial charge >= 0.3 is 6.18 Å². The SMILES string of the molecule is FC(F)(F)c1ccc(Cl)c(CSc2nnc(-c3cnccn3)s2)c1Cl. The molecule has 0 radical (unpaired) electrons. The standard InChI is InChI=1S/C14H7Cl2F3N4S2/c15-9-2-1-8(14(17,18)19)11(16)7(9)6-24-13-23-22-12(25-13)10-5-20-3-4-21-10/h1-5H,6H2. The summed E-state index contributed by atoms with van der Waals surface area (Å²) < 4.78 is 39.4. The van der Waals surface area contributed by atoms with Gasteiger partial charge in [-0.05, 0) is 12.1 Å². The number of benzene rings is 1. The van der Waals surface area contributed by atoms with Crippen molar-refractivity contribution in [1.82, 2.24) is 20.2 Å². The molecule has 3 aromatic rings. The molecule has 0 N–H and O–H groups in total. The third-order valence-electron chi connectivity index (χ3n) is 3.02. The van der Waals surface area contributed by atoms with E-state index in [4.69, 9.17) is 23.2 Å². The van der Waals surface area contributed by atoms with Crippen LogP contribution < -0.4 is 0 Å². The summed E-state index contributed by atoms with van der Waals surface area (Å²) in [4.78, 5) is 8.06. The molecule has 0 aliphatic heterocycles. The zero-order valence-corrected chi connectivity index (χ0v) is 15.2. The highest BCUT2D eigenvalue weighted by atomic mass is 35.5. The molecule has 0 saturated heterocycles. The Bertz CT molecular complexity index is 888. The van der Waals surface area contributed by atoms with Crippen LogP contribution in [0.5, 0.6) is 0 Å². The van der Waals surface area contributed by atoms with Crippen LogP contribution in [0.15, 0.2) is 35.1 Å². The molecule has 0 bridgehead atoms. The molecule has 1 aromatic carbocycles. The normalized spacial score (nSPS) is 11.7. The van der Waals surface area contributed by atoms with Crippen LogP contribution >= 0.6 is 46.3 Å². The Morgan fingerprint density at radius 1 is 1.12 bits per heavy atom. The molecule has 0 atom stereocenters. The first kappa shape index (κ1) is 18.4. The molecule has 0 aliphatic carbocycles. The number of nitrogens with zero attached hydrogens (tertiary/aromatic N) is 4. The van der Waals surface area contributed by atoms with Crippen molar-refractivity contribution < 1.29 is 13.2 Å². The second kappa shape index (κ2) is 7.45. The largest absolute Gasteiger partial charge is 0.417 e. The van der Waals surface area contributed by atoms with Gasteiger partial charge in [0.05, 0.1) is 16.8 Å². The van der Waals surface area contributed by atoms with E-state index in [-0.39, 0.29) is 16.3 Å². The van der Waals surface area contributed by atoms with Crippen LogP contribution in [0.3, 0.4) is 0 Å². The van der Waals surface area contributed by atoms with Crippen molar-refractivity contribution in [1.29, 1.82) is 0 Å². The molecule has 3 rings (SSSR count). The first-order chi connectivity index (χ1) is 11.9. The van der Waals surface area contributed by atoms with Gasteiger partial charge in [-0.1, -0.05) is 46.3 Å². The van der Waals surface area contributed by atoms with Crippen LogP contribution in [0.25, 0.3) is 10.7 Å². The zero-order chi connectivity index (χ0) is 18.0. The average Bonchev–Trinajstić information content (AvgIpc) is 3.03. The molecule has 130 valence electrons. The number of rotatable bonds is 4. The topological polar surface area (TPSA) is 51.6 Å². The van der Waals surface area contributed by atoms with Crippen molar-refractivity contribution in [3.63, 3.8) is 0 Å². The Balaban J connectivity index is 1.80. The lowest BCUT2D eigenvalue weighted by Crippen LogP contribution is -2.07. The average molecular weight is 423 g/mol. The van der Waals surface area contributed by atoms with Crippen LogP contribution in [0.4, 0.5) is 13.2 Å². The zero-order valence-electron chi connectivity index (χ0n) is 12.1. The second-order valence-electron chi connectivity index (χ2n) is 4.64. The van der Waals surface area contributed by atoms with Gasteiger partial charge in [-0.15, -0.1) is 10.2 Å². The number of thioether (sulfide) groups is 1. The van der Waals surface area contributed by atoms with E-state index in [0.29, 0.717) is 15.0 Å². The Kier molecular flexibility index (Phi) is 5.47. The fraction of sp³-hybridized carbons (Fsp3) is 0.143. The predicted molar refractivity (Wildman–Crippen MR) is 92.0 cm³/mol. The number of aromatic nitrogens is 4. The van der Waals surface area contributed by atoms with Crippen molar-refractivity contribution in [2.75, 3.05) is 0 Å². The van der Waals surface area contributed by atoms with Gasteiger partial charge < -0.3 is 0 Å². The molecule has 2 heterocycles. The summed E-state index contributed by atoms with van der Waals surface area (Å²) in [5.74, 6) is 0.136. The quantitative estimate of drug-likeness (QED) is 0.511. The molecule has 4 nitrogen and oxygen atoms in total. The third kappa shape index (κ3) is 4.22. The first-order valence-corrected chi connectivity index (χ1v) is 9.19. The van der Waals surface area contributed by atoms with E-state index in [9.17, 15) is 13.2 Å². The molecule has 2 aromatic heterocycles. The van der Waals surface area contributed by atoms with Crippen molar-refractivity contribution >= 4 is 46.3 Å². The second-order valence-corrected chi connectivity index (χ2v) is 7.62. The Morgan fingerprint density at radius 3 is 2.60 bits per heavy atom. The lowest BCUT2D eigenvalue weighted by molar-refractivity contribution is -0.137. The fourth-order valence-electron chi connectivity index (χ4n) is 1.86. The summed E-state index contributed by atoms with van der Waals surface area (Å²) in [7, 11) is 0. The number of hydrogen-bond donors (Lipinski definition) is 0. The molecule has 25 heavy (non-hydrogen) atoms. The van der Waals surface area contributed by atoms with Crippen molar-refractivity contribution in [3.8, 4) is 10.7 Å². The third-order valence-corrected chi connectivity index (χ3v) is 5.91. The summed E-state index contributed by atoms with van der Waals surface area (Å²) in [6, 6.07) is 2.06. The first-order valence-electron chi connectivity index (χ1n) is 6.63. The van der Waals surface area contributed by atoms with Gasteiger partial charge in [0.25, 0.3) is 0 Å². The van der Waals surface area contributed by atoms with E-state index >= 15 is 0 Å². The maximum atomic E-state index is 12.9. The van der Waals surface area contributed by atoms with Crippen LogP contribution in [-0.4, -0.2) is 20.2 Å². The molecule has 11 heteroatoms. The smallest absolute Gasteiger partial charge is 0.261 e. The van der Waals surface area contributed by atoms with E-state index in [1.165, 1.54) is 41.6 Å². The minimum atomic E-state index is -4.54. The van der Waals surface area contributed by atoms with Gasteiger partial charge in [-0.2, -0.15) is 13.2 Å². The molecule has 0 amide bonds. The van der Waals surface area contributed by atoms with Gasteiger partial charge in [-0.3, -0.25) is 9.97 Å². The predicted octanol–water partition coefficient (Wildman–Crippen LogP) is 5.61. The highest BCUT2D eigenvalue weighted by molar-refractivity contribution is 8.00. The van der Waals surface area contributed by atoms with Crippen molar-refractivity contribution in [2.24, 2.45) is 0 Å². The number of alkyl halides is 3. The summed E-state index contributed by atoms with van der Waals surface area (Å²) in [5.41, 5.74) is -0.131. The van der Waals surface area contributed by atoms with E-state index in [2.05, 4.69) is 20.2 Å². The lowest BCUT2D eigenvalue weighted by Gasteiger charge is -2.13. The maximum absolute atomic E-state index is 12.9. The van der Waals surface area contributed by atoms with Crippen LogP contribution in [-0.2, 0) is 11.9 Å². The van der Waals surface area contributed by atoms with E-state index < -0.39 is 16.8 Å². The summed E-state index contributed by atoms with van der Waals surface area (Å²) in [6.07, 6.45) is 0.0854. The Hall–Kier alpha value is -1.42. The van der Waals surface area contributed by atoms with Gasteiger partial charge in [0, 0.05) is 28.7 Å². The Labute approximate surface area is 158 Å². The number of halogens is 5. The highest BCUT2D eigenvalue weighted by Crippen LogP contribution is 2.41. The van der Waals surface area contributed by atoms with Crippen LogP contribution in [0.1, 0.15) is 11.1 Å². The summed E-state index contributed by atoms with van der Waals surface area (Å²) in [6.45, 7) is 0. The molecular formula is C14H7Cl2F3N4S2. The lowest BCUT2D eigenvalue weighted by atomic mass is 10.1. The van der Waals surface area contributed by atoms with Crippen LogP contribution in [0.2, 0.25) is 10.0 Å². The molecule has 0 spiro atoms. The minimum absolute atomic E-state index is 0.136.